The SMILES string of the molecule is NC1=N[S+]([O-])Nc2cccc(OCC3CCCN(C(=O)C4CCOC4)C3)c21. The number of nitrogens with two attached hydrogens (primary N) is 1. The van der Waals surface area contributed by atoms with Crippen LogP contribution >= 0.6 is 0 Å². The zero-order valence-electron chi connectivity index (χ0n) is 15.1. The lowest BCUT2D eigenvalue weighted by molar-refractivity contribution is -0.137. The lowest BCUT2D eigenvalue weighted by Gasteiger charge is -2.34. The van der Waals surface area contributed by atoms with Crippen molar-refractivity contribution < 1.29 is 18.8 Å². The van der Waals surface area contributed by atoms with Crippen LogP contribution in [-0.4, -0.2) is 54.1 Å². The average Bonchev–Trinajstić information content (AvgIpc) is 3.20. The number of benzene rings is 1. The molecule has 0 saturated carbocycles. The Labute approximate surface area is 161 Å². The number of carbonyl (C=O) groups excluding carboxylic acids is 1. The fourth-order valence-electron chi connectivity index (χ4n) is 3.85. The Morgan fingerprint density at radius 1 is 1.48 bits per heavy atom. The standard InChI is InChI=1S/C18H24N4O4S/c19-17-16-14(20-27(24)21-17)4-1-5-15(16)26-10-12-3-2-7-22(9-12)18(23)13-6-8-25-11-13/h1,4-5,12-13,20H,2-3,6-11H2,(H2,19,21). The Morgan fingerprint density at radius 3 is 3.19 bits per heavy atom. The van der Waals surface area contributed by atoms with E-state index in [-0.39, 0.29) is 23.6 Å². The van der Waals surface area contributed by atoms with E-state index in [4.69, 9.17) is 15.2 Å². The molecule has 3 aliphatic heterocycles. The van der Waals surface area contributed by atoms with Crippen LogP contribution in [0.1, 0.15) is 24.8 Å². The number of hydrogen-bond acceptors (Lipinski definition) is 7. The largest absolute Gasteiger partial charge is 0.566 e. The number of ether oxygens (including phenoxy) is 2. The lowest BCUT2D eigenvalue weighted by atomic mass is 9.97. The van der Waals surface area contributed by atoms with E-state index in [9.17, 15) is 9.35 Å². The first kappa shape index (κ1) is 18.4. The van der Waals surface area contributed by atoms with Crippen molar-refractivity contribution in [2.75, 3.05) is 37.6 Å². The van der Waals surface area contributed by atoms with Crippen molar-refractivity contribution in [2.24, 2.45) is 22.0 Å². The van der Waals surface area contributed by atoms with E-state index in [1.165, 1.54) is 0 Å². The maximum absolute atomic E-state index is 12.6. The molecule has 1 aromatic rings. The molecule has 8 nitrogen and oxygen atoms in total. The summed E-state index contributed by atoms with van der Waals surface area (Å²) in [6.07, 6.45) is 2.82. The van der Waals surface area contributed by atoms with Crippen molar-refractivity contribution in [3.8, 4) is 5.75 Å². The molecule has 0 aliphatic carbocycles. The van der Waals surface area contributed by atoms with Crippen LogP contribution in [0.15, 0.2) is 22.6 Å². The number of anilines is 1. The molecule has 2 saturated heterocycles. The van der Waals surface area contributed by atoms with Gasteiger partial charge in [-0.15, -0.1) is 0 Å². The summed E-state index contributed by atoms with van der Waals surface area (Å²) in [4.78, 5) is 14.6. The highest BCUT2D eigenvalue weighted by Gasteiger charge is 2.32. The summed E-state index contributed by atoms with van der Waals surface area (Å²) in [5, 5.41) is 0. The zero-order chi connectivity index (χ0) is 18.8. The number of hydrogen-bond donors (Lipinski definition) is 2. The molecule has 4 rings (SSSR count). The third-order valence-corrected chi connectivity index (χ3v) is 6.00. The second kappa shape index (κ2) is 7.95. The summed E-state index contributed by atoms with van der Waals surface area (Å²) < 4.78 is 29.6. The molecule has 0 aromatic heterocycles. The predicted octanol–water partition coefficient (Wildman–Crippen LogP) is 1.05. The van der Waals surface area contributed by atoms with Gasteiger partial charge in [-0.1, -0.05) is 6.07 Å². The molecule has 0 bridgehead atoms. The first-order valence-electron chi connectivity index (χ1n) is 9.27. The van der Waals surface area contributed by atoms with Crippen LogP contribution in [0.5, 0.6) is 5.75 Å². The number of nitrogens with one attached hydrogen (secondary N) is 1. The van der Waals surface area contributed by atoms with Gasteiger partial charge in [-0.2, -0.15) is 4.72 Å². The van der Waals surface area contributed by atoms with E-state index in [0.717, 1.165) is 25.8 Å². The summed E-state index contributed by atoms with van der Waals surface area (Å²) in [6, 6.07) is 5.46. The topological polar surface area (TPSA) is 112 Å². The van der Waals surface area contributed by atoms with Crippen LogP contribution in [0, 0.1) is 11.8 Å². The number of fused-ring (bicyclic) bond motifs is 1. The predicted molar refractivity (Wildman–Crippen MR) is 103 cm³/mol. The Kier molecular flexibility index (Phi) is 5.42. The minimum Gasteiger partial charge on any atom is -0.566 e. The van der Waals surface area contributed by atoms with Gasteiger partial charge < -0.3 is 24.7 Å². The molecule has 9 heteroatoms. The van der Waals surface area contributed by atoms with E-state index in [0.29, 0.717) is 43.4 Å². The first-order valence-corrected chi connectivity index (χ1v) is 10.4. The number of nitrogens with zero attached hydrogens (tertiary/aromatic N) is 2. The maximum Gasteiger partial charge on any atom is 0.228 e. The zero-order valence-corrected chi connectivity index (χ0v) is 15.9. The van der Waals surface area contributed by atoms with Gasteiger partial charge >= 0.3 is 0 Å². The molecular weight excluding hydrogens is 368 g/mol. The van der Waals surface area contributed by atoms with Crippen LogP contribution < -0.4 is 15.2 Å². The van der Waals surface area contributed by atoms with Gasteiger partial charge in [-0.3, -0.25) is 4.79 Å². The molecule has 27 heavy (non-hydrogen) atoms. The molecule has 3 unspecified atom stereocenters. The molecule has 1 aromatic carbocycles. The number of amides is 1. The van der Waals surface area contributed by atoms with Crippen molar-refractivity contribution in [1.29, 1.82) is 0 Å². The van der Waals surface area contributed by atoms with Crippen LogP contribution in [0.4, 0.5) is 5.69 Å². The molecule has 3 heterocycles. The minimum absolute atomic E-state index is 0.00812. The molecule has 2 fully saturated rings. The van der Waals surface area contributed by atoms with Gasteiger partial charge in [0.15, 0.2) is 5.84 Å². The Morgan fingerprint density at radius 2 is 2.37 bits per heavy atom. The van der Waals surface area contributed by atoms with E-state index in [1.807, 2.05) is 17.0 Å². The highest BCUT2D eigenvalue weighted by molar-refractivity contribution is 7.91. The van der Waals surface area contributed by atoms with Gasteiger partial charge in [0.25, 0.3) is 0 Å². The van der Waals surface area contributed by atoms with Gasteiger partial charge in [-0.25, -0.2) is 0 Å². The summed E-state index contributed by atoms with van der Waals surface area (Å²) in [5.41, 5.74) is 7.25. The van der Waals surface area contributed by atoms with Gasteiger partial charge in [0.05, 0.1) is 30.4 Å². The summed E-state index contributed by atoms with van der Waals surface area (Å²) in [5.74, 6) is 1.31. The fourth-order valence-corrected chi connectivity index (χ4v) is 4.52. The Balaban J connectivity index is 1.39. The van der Waals surface area contributed by atoms with E-state index in [1.54, 1.807) is 6.07 Å². The van der Waals surface area contributed by atoms with Crippen molar-refractivity contribution in [3.63, 3.8) is 0 Å². The number of rotatable bonds is 4. The Bertz CT molecular complexity index is 738. The van der Waals surface area contributed by atoms with Gasteiger partial charge in [0, 0.05) is 25.6 Å². The monoisotopic (exact) mass is 392 g/mol. The van der Waals surface area contributed by atoms with Crippen molar-refractivity contribution in [1.82, 2.24) is 4.90 Å². The van der Waals surface area contributed by atoms with E-state index >= 15 is 0 Å². The van der Waals surface area contributed by atoms with Crippen molar-refractivity contribution in [3.05, 3.63) is 23.8 Å². The summed E-state index contributed by atoms with van der Waals surface area (Å²) in [6.45, 7) is 3.23. The maximum atomic E-state index is 12.6. The third kappa shape index (κ3) is 3.99. The first-order chi connectivity index (χ1) is 13.1. The van der Waals surface area contributed by atoms with Crippen LogP contribution in [0.3, 0.4) is 0 Å². The van der Waals surface area contributed by atoms with Gasteiger partial charge in [0.2, 0.25) is 17.5 Å². The molecule has 1 amide bonds. The minimum atomic E-state index is -1.56. The van der Waals surface area contributed by atoms with Crippen molar-refractivity contribution >= 4 is 29.0 Å². The fraction of sp³-hybridized carbons (Fsp3) is 0.556. The van der Waals surface area contributed by atoms with Crippen molar-refractivity contribution in [2.45, 2.75) is 19.3 Å². The Hall–Kier alpha value is -1.97. The highest BCUT2D eigenvalue weighted by Crippen LogP contribution is 2.31. The second-order valence-corrected chi connectivity index (χ2v) is 8.06. The van der Waals surface area contributed by atoms with Gasteiger partial charge in [0.1, 0.15) is 5.75 Å². The number of likely N-dealkylation sites (tertiary alicyclic amines) is 1. The highest BCUT2D eigenvalue weighted by atomic mass is 32.2. The smallest absolute Gasteiger partial charge is 0.228 e. The number of carbonyl (C=O) groups is 1. The van der Waals surface area contributed by atoms with E-state index in [2.05, 4.69) is 9.12 Å². The summed E-state index contributed by atoms with van der Waals surface area (Å²) in [7, 11) is 0. The number of piperidine rings is 1. The number of amidine groups is 1. The normalized spacial score (nSPS) is 27.5. The molecule has 3 N–H and O–H groups in total. The molecule has 0 radical (unpaired) electrons. The quantitative estimate of drug-likeness (QED) is 0.741. The second-order valence-electron chi connectivity index (χ2n) is 7.17. The lowest BCUT2D eigenvalue weighted by Crippen LogP contribution is -2.44. The van der Waals surface area contributed by atoms with Crippen LogP contribution in [0.2, 0.25) is 0 Å². The molecular formula is C18H24N4O4S. The summed E-state index contributed by atoms with van der Waals surface area (Å²) >= 11 is -1.56. The molecule has 3 aliphatic rings. The van der Waals surface area contributed by atoms with Gasteiger partial charge in [-0.05, 0) is 35.8 Å². The molecule has 146 valence electrons. The van der Waals surface area contributed by atoms with Crippen LogP contribution in [0.25, 0.3) is 0 Å². The average molecular weight is 392 g/mol. The molecule has 3 atom stereocenters. The van der Waals surface area contributed by atoms with Crippen LogP contribution in [-0.2, 0) is 21.1 Å². The third-order valence-electron chi connectivity index (χ3n) is 5.25. The van der Waals surface area contributed by atoms with E-state index < -0.39 is 11.5 Å². The molecule has 0 spiro atoms.